The second-order valence-corrected chi connectivity index (χ2v) is 20.2. The second-order valence-electron chi connectivity index (χ2n) is 20.2. The average Bonchev–Trinajstić information content (AvgIpc) is 3.25. The summed E-state index contributed by atoms with van der Waals surface area (Å²) in [6.07, 6.45) is 13.4. The van der Waals surface area contributed by atoms with Gasteiger partial charge in [-0.1, -0.05) is 137 Å². The molecular weight excluding hydrogens is 729 g/mol. The van der Waals surface area contributed by atoms with Gasteiger partial charge in [-0.05, 0) is 156 Å². The van der Waals surface area contributed by atoms with E-state index in [1.807, 2.05) is 24.3 Å². The van der Waals surface area contributed by atoms with E-state index in [-0.39, 0.29) is 10.8 Å². The molecule has 0 amide bonds. The van der Waals surface area contributed by atoms with Gasteiger partial charge in [0.25, 0.3) is 0 Å². The van der Waals surface area contributed by atoms with Gasteiger partial charge in [0.05, 0.1) is 11.6 Å². The molecule has 0 aliphatic heterocycles. The number of nitrogens with zero attached hydrogens (tertiary/aromatic N) is 4. The number of aromatic nitrogens is 3. The maximum absolute atomic E-state index is 9.20. The summed E-state index contributed by atoms with van der Waals surface area (Å²) >= 11 is 0. The summed E-state index contributed by atoms with van der Waals surface area (Å²) < 4.78 is 0. The molecule has 0 N–H and O–H groups in total. The minimum atomic E-state index is 0.285. The molecule has 0 radical (unpaired) electrons. The molecule has 4 nitrogen and oxygen atoms in total. The minimum Gasteiger partial charge on any atom is -0.208 e. The Labute approximate surface area is 357 Å². The lowest BCUT2D eigenvalue weighted by molar-refractivity contribution is 0.0779. The van der Waals surface area contributed by atoms with E-state index in [2.05, 4.69) is 131 Å². The summed E-state index contributed by atoms with van der Waals surface area (Å²) in [7, 11) is 0. The Bertz CT molecular complexity index is 2370. The smallest absolute Gasteiger partial charge is 0.164 e. The highest BCUT2D eigenvalue weighted by Gasteiger charge is 2.46. The molecule has 5 aromatic carbocycles. The zero-order chi connectivity index (χ0) is 41.0. The van der Waals surface area contributed by atoms with E-state index in [4.69, 9.17) is 15.0 Å². The van der Waals surface area contributed by atoms with Gasteiger partial charge in [-0.25, -0.2) is 15.0 Å². The van der Waals surface area contributed by atoms with Crippen molar-refractivity contribution in [2.24, 2.45) is 35.5 Å². The van der Waals surface area contributed by atoms with Crippen LogP contribution in [0, 0.1) is 46.8 Å². The van der Waals surface area contributed by atoms with Crippen molar-refractivity contribution >= 4 is 0 Å². The molecule has 4 bridgehead atoms. The molecule has 1 heterocycles. The zero-order valence-corrected chi connectivity index (χ0v) is 35.9. The third kappa shape index (κ3) is 7.51. The monoisotopic (exact) mass is 786 g/mol. The Morgan fingerprint density at radius 3 is 0.950 bits per heavy atom. The van der Waals surface area contributed by atoms with Crippen molar-refractivity contribution in [2.75, 3.05) is 0 Å². The molecule has 10 rings (SSSR count). The number of benzene rings is 5. The highest BCUT2D eigenvalue weighted by atomic mass is 15.0. The first-order chi connectivity index (χ1) is 29.1. The minimum absolute atomic E-state index is 0.285. The van der Waals surface area contributed by atoms with E-state index >= 15 is 0 Å². The summed E-state index contributed by atoms with van der Waals surface area (Å²) in [6.45, 7) is 9.87. The summed E-state index contributed by atoms with van der Waals surface area (Å²) in [5.74, 6) is 6.95. The molecule has 60 heavy (non-hydrogen) atoms. The molecule has 4 aliphatic carbocycles. The Morgan fingerprint density at radius 2 is 0.650 bits per heavy atom. The van der Waals surface area contributed by atoms with Crippen molar-refractivity contribution in [3.8, 4) is 62.5 Å². The molecule has 4 aliphatic rings. The van der Waals surface area contributed by atoms with E-state index in [9.17, 15) is 5.26 Å². The van der Waals surface area contributed by atoms with Crippen molar-refractivity contribution < 1.29 is 0 Å². The summed E-state index contributed by atoms with van der Waals surface area (Å²) in [5, 5.41) is 9.20. The van der Waals surface area contributed by atoms with Crippen LogP contribution >= 0.6 is 0 Å². The maximum atomic E-state index is 9.20. The van der Waals surface area contributed by atoms with Gasteiger partial charge in [-0.3, -0.25) is 0 Å². The van der Waals surface area contributed by atoms with Gasteiger partial charge in [0.1, 0.15) is 0 Å². The number of rotatable bonds is 7. The van der Waals surface area contributed by atoms with Crippen molar-refractivity contribution in [1.29, 1.82) is 5.26 Å². The third-order valence-electron chi connectivity index (χ3n) is 15.1. The Kier molecular flexibility index (Phi) is 10.1. The number of hydrogen-bond acceptors (Lipinski definition) is 4. The number of hydrogen-bond donors (Lipinski definition) is 0. The SMILES string of the molecule is C[C@@H]1C[C@@H]2C[C@H](C)CC(c3ccc(-c4nc(-c5ccc(-c6ccc(-c7ccc(C#N)cc7)cc6)cc5)nc(-c5ccc(C67C[C@H](C)C[C@H](C[C@H](C)C6)C7)cc5)n4)cc3)(C1)C2. The largest absolute Gasteiger partial charge is 0.208 e. The predicted molar refractivity (Wildman–Crippen MR) is 245 cm³/mol. The van der Waals surface area contributed by atoms with Crippen molar-refractivity contribution in [2.45, 2.75) is 103 Å². The molecule has 2 unspecified atom stereocenters. The van der Waals surface area contributed by atoms with Crippen LogP contribution in [0.2, 0.25) is 0 Å². The Morgan fingerprint density at radius 1 is 0.383 bits per heavy atom. The zero-order valence-electron chi connectivity index (χ0n) is 35.9. The quantitative estimate of drug-likeness (QED) is 0.162. The summed E-state index contributed by atoms with van der Waals surface area (Å²) in [6, 6.07) is 45.9. The summed E-state index contributed by atoms with van der Waals surface area (Å²) in [5.41, 5.74) is 11.8. The first-order valence-corrected chi connectivity index (χ1v) is 22.8. The average molecular weight is 787 g/mol. The fourth-order valence-corrected chi connectivity index (χ4v) is 13.2. The number of nitriles is 1. The molecule has 4 fully saturated rings. The van der Waals surface area contributed by atoms with E-state index in [1.54, 1.807) is 0 Å². The maximum Gasteiger partial charge on any atom is 0.164 e. The summed E-state index contributed by atoms with van der Waals surface area (Å²) in [4.78, 5) is 15.6. The number of fused-ring (bicyclic) bond motifs is 4. The van der Waals surface area contributed by atoms with E-state index < -0.39 is 0 Å². The van der Waals surface area contributed by atoms with Gasteiger partial charge in [-0.2, -0.15) is 5.26 Å². The molecule has 0 spiro atoms. The van der Waals surface area contributed by atoms with Crippen LogP contribution in [0.15, 0.2) is 121 Å². The first kappa shape index (κ1) is 38.8. The van der Waals surface area contributed by atoms with Gasteiger partial charge in [0.15, 0.2) is 17.5 Å². The van der Waals surface area contributed by atoms with Gasteiger partial charge in [0.2, 0.25) is 0 Å². The predicted octanol–water partition coefficient (Wildman–Crippen LogP) is 14.3. The molecule has 1 aromatic heterocycles. The fourth-order valence-electron chi connectivity index (χ4n) is 13.2. The molecular formula is C56H58N4. The van der Waals surface area contributed by atoms with Gasteiger partial charge < -0.3 is 0 Å². The van der Waals surface area contributed by atoms with Crippen LogP contribution in [-0.4, -0.2) is 15.0 Å². The van der Waals surface area contributed by atoms with Gasteiger partial charge >= 0.3 is 0 Å². The molecule has 302 valence electrons. The Balaban J connectivity index is 0.981. The topological polar surface area (TPSA) is 62.5 Å². The van der Waals surface area contributed by atoms with Crippen molar-refractivity contribution in [3.63, 3.8) is 0 Å². The first-order valence-electron chi connectivity index (χ1n) is 22.8. The van der Waals surface area contributed by atoms with Crippen LogP contribution in [-0.2, 0) is 10.8 Å². The van der Waals surface area contributed by atoms with Crippen LogP contribution in [0.25, 0.3) is 56.4 Å². The molecule has 4 saturated carbocycles. The van der Waals surface area contributed by atoms with E-state index in [1.165, 1.54) is 75.3 Å². The van der Waals surface area contributed by atoms with Crippen molar-refractivity contribution in [3.05, 3.63) is 138 Å². The van der Waals surface area contributed by atoms with E-state index in [0.29, 0.717) is 11.4 Å². The van der Waals surface area contributed by atoms with Crippen LogP contribution in [0.1, 0.15) is 109 Å². The third-order valence-corrected chi connectivity index (χ3v) is 15.1. The highest BCUT2D eigenvalue weighted by Crippen LogP contribution is 2.55. The lowest BCUT2D eigenvalue weighted by atomic mass is 9.54. The van der Waals surface area contributed by atoms with Gasteiger partial charge in [-0.15, -0.1) is 0 Å². The Hall–Kier alpha value is -5.40. The molecule has 4 heteroatoms. The van der Waals surface area contributed by atoms with Gasteiger partial charge in [0, 0.05) is 16.7 Å². The lowest BCUT2D eigenvalue weighted by Gasteiger charge is -2.50. The molecule has 6 aromatic rings. The normalized spacial score (nSPS) is 28.4. The lowest BCUT2D eigenvalue weighted by Crippen LogP contribution is -2.42. The molecule has 0 saturated heterocycles. The van der Waals surface area contributed by atoms with Crippen LogP contribution in [0.5, 0.6) is 0 Å². The van der Waals surface area contributed by atoms with Crippen LogP contribution < -0.4 is 0 Å². The van der Waals surface area contributed by atoms with E-state index in [0.717, 1.165) is 86.1 Å². The highest BCUT2D eigenvalue weighted by molar-refractivity contribution is 5.73. The van der Waals surface area contributed by atoms with Crippen LogP contribution in [0.4, 0.5) is 0 Å². The second kappa shape index (κ2) is 15.6. The van der Waals surface area contributed by atoms with Crippen LogP contribution in [0.3, 0.4) is 0 Å². The van der Waals surface area contributed by atoms with Crippen molar-refractivity contribution in [1.82, 2.24) is 15.0 Å². The standard InChI is InChI=1S/C56H58N4/c1-36-25-41-26-37(2)30-55(29-36,33-41)50-21-17-48(18-22-50)53-58-52(47-15-13-46(14-16-47)45-11-9-44(10-12-45)43-7-5-40(35-57)6-8-43)59-54(60-53)49-19-23-51(24-20-49)56-31-38(3)27-42(34-56)28-39(4)32-56/h5-24,36-39,41-42H,25-34H2,1-4H3/t36-,37+,38-,39+,41-,42-,55?,56?. The fraction of sp³-hybridized carbons (Fsp3) is 0.393. The molecule has 8 atom stereocenters.